The van der Waals surface area contributed by atoms with Gasteiger partial charge in [0.15, 0.2) is 0 Å². The van der Waals surface area contributed by atoms with E-state index in [0.717, 1.165) is 68.6 Å². The standard InChI is InChI=1S/C32H44N2O6S/c1-6-33-18-16-26(17-19-33)34(30(35)25-14-12-22(4)13-15-25)27-20-28(24-10-8-7-9-11-24)41-29(27)31(36)39-23(5)40-32(37)38-21(2)3/h7-11,20-23,25-26H,6,12-19H2,1-5H3. The zero-order valence-electron chi connectivity index (χ0n) is 25.0. The summed E-state index contributed by atoms with van der Waals surface area (Å²) in [4.78, 5) is 45.5. The van der Waals surface area contributed by atoms with Crippen LogP contribution >= 0.6 is 11.3 Å². The highest BCUT2D eigenvalue weighted by Crippen LogP contribution is 2.41. The topological polar surface area (TPSA) is 85.4 Å². The largest absolute Gasteiger partial charge is 0.511 e. The van der Waals surface area contributed by atoms with Gasteiger partial charge in [-0.2, -0.15) is 0 Å². The van der Waals surface area contributed by atoms with Gasteiger partial charge in [-0.15, -0.1) is 11.3 Å². The van der Waals surface area contributed by atoms with Crippen molar-refractivity contribution >= 4 is 35.1 Å². The Hall–Kier alpha value is -2.91. The van der Waals surface area contributed by atoms with E-state index in [9.17, 15) is 14.4 Å². The number of benzene rings is 1. The lowest BCUT2D eigenvalue weighted by Crippen LogP contribution is -2.50. The molecule has 8 nitrogen and oxygen atoms in total. The van der Waals surface area contributed by atoms with Gasteiger partial charge in [0, 0.05) is 36.9 Å². The van der Waals surface area contributed by atoms with Gasteiger partial charge in [-0.05, 0) is 76.5 Å². The highest BCUT2D eigenvalue weighted by Gasteiger charge is 2.38. The average molecular weight is 585 g/mol. The highest BCUT2D eigenvalue weighted by atomic mass is 32.1. The molecular weight excluding hydrogens is 540 g/mol. The lowest BCUT2D eigenvalue weighted by atomic mass is 9.82. The summed E-state index contributed by atoms with van der Waals surface area (Å²) in [5.74, 6) is 0.0363. The van der Waals surface area contributed by atoms with Crippen molar-refractivity contribution in [1.82, 2.24) is 4.90 Å². The minimum absolute atomic E-state index is 0.0101. The van der Waals surface area contributed by atoms with Crippen molar-refractivity contribution in [3.8, 4) is 10.4 Å². The molecule has 1 atom stereocenters. The molecule has 41 heavy (non-hydrogen) atoms. The van der Waals surface area contributed by atoms with Crippen LogP contribution in [0.25, 0.3) is 10.4 Å². The van der Waals surface area contributed by atoms with Crippen LogP contribution in [0.1, 0.15) is 82.8 Å². The van der Waals surface area contributed by atoms with Crippen molar-refractivity contribution in [3.05, 3.63) is 41.3 Å². The Morgan fingerprint density at radius 2 is 1.61 bits per heavy atom. The SMILES string of the molecule is CCN1CCC(N(C(=O)C2CCC(C)CC2)c2cc(-c3ccccc3)sc2C(=O)OC(C)OC(=O)OC(C)C)CC1. The molecule has 1 unspecified atom stereocenters. The summed E-state index contributed by atoms with van der Waals surface area (Å²) in [6.45, 7) is 12.1. The van der Waals surface area contributed by atoms with E-state index in [1.165, 1.54) is 18.3 Å². The smallest absolute Gasteiger partial charge is 0.431 e. The van der Waals surface area contributed by atoms with Gasteiger partial charge in [0.25, 0.3) is 0 Å². The highest BCUT2D eigenvalue weighted by molar-refractivity contribution is 7.18. The van der Waals surface area contributed by atoms with Gasteiger partial charge in [-0.3, -0.25) is 4.79 Å². The Morgan fingerprint density at radius 1 is 0.951 bits per heavy atom. The van der Waals surface area contributed by atoms with Gasteiger partial charge >= 0.3 is 12.1 Å². The number of piperidine rings is 1. The van der Waals surface area contributed by atoms with Gasteiger partial charge in [0.1, 0.15) is 4.88 Å². The fourth-order valence-corrected chi connectivity index (χ4v) is 6.77. The van der Waals surface area contributed by atoms with E-state index in [4.69, 9.17) is 14.2 Å². The van der Waals surface area contributed by atoms with E-state index in [0.29, 0.717) is 16.5 Å². The monoisotopic (exact) mass is 584 g/mol. The normalized spacial score (nSPS) is 20.8. The van der Waals surface area contributed by atoms with E-state index in [1.54, 1.807) is 13.8 Å². The Morgan fingerprint density at radius 3 is 2.22 bits per heavy atom. The number of ether oxygens (including phenoxy) is 3. The second kappa shape index (κ2) is 14.3. The Labute approximate surface area is 247 Å². The van der Waals surface area contributed by atoms with Crippen LogP contribution in [0.4, 0.5) is 10.5 Å². The van der Waals surface area contributed by atoms with Crippen molar-refractivity contribution in [3.63, 3.8) is 0 Å². The third-order valence-electron chi connectivity index (χ3n) is 8.05. The second-order valence-corrected chi connectivity index (χ2v) is 12.6. The number of nitrogens with zero attached hydrogens (tertiary/aromatic N) is 2. The molecule has 1 saturated heterocycles. The number of anilines is 1. The van der Waals surface area contributed by atoms with E-state index >= 15 is 0 Å². The first kappa shape index (κ1) is 31.0. The molecule has 9 heteroatoms. The molecule has 1 aliphatic heterocycles. The Bertz CT molecular complexity index is 1170. The number of esters is 1. The molecule has 0 N–H and O–H groups in total. The number of amides is 1. The van der Waals surface area contributed by atoms with Crippen molar-refractivity contribution in [2.45, 2.75) is 91.6 Å². The third-order valence-corrected chi connectivity index (χ3v) is 9.21. The predicted molar refractivity (Wildman–Crippen MR) is 161 cm³/mol. The number of thiophene rings is 1. The lowest BCUT2D eigenvalue weighted by Gasteiger charge is -2.40. The van der Waals surface area contributed by atoms with Crippen LogP contribution in [-0.2, 0) is 19.0 Å². The maximum absolute atomic E-state index is 14.3. The molecule has 4 rings (SSSR count). The Kier molecular flexibility index (Phi) is 10.8. The number of hydrogen-bond donors (Lipinski definition) is 0. The first-order valence-electron chi connectivity index (χ1n) is 15.0. The fraction of sp³-hybridized carbons (Fsp3) is 0.594. The molecule has 2 heterocycles. The number of hydrogen-bond acceptors (Lipinski definition) is 8. The van der Waals surface area contributed by atoms with Crippen LogP contribution in [-0.4, -0.2) is 61.0 Å². The van der Waals surface area contributed by atoms with Gasteiger partial charge in [0.05, 0.1) is 11.8 Å². The van der Waals surface area contributed by atoms with Crippen LogP contribution in [0.3, 0.4) is 0 Å². The van der Waals surface area contributed by atoms with Gasteiger partial charge in [-0.25, -0.2) is 9.59 Å². The van der Waals surface area contributed by atoms with Crippen LogP contribution in [0, 0.1) is 11.8 Å². The molecule has 1 amide bonds. The van der Waals surface area contributed by atoms with E-state index in [1.807, 2.05) is 41.3 Å². The zero-order valence-corrected chi connectivity index (χ0v) is 25.8. The maximum Gasteiger partial charge on any atom is 0.511 e. The molecular formula is C32H44N2O6S. The van der Waals surface area contributed by atoms with Crippen molar-refractivity contribution in [1.29, 1.82) is 0 Å². The van der Waals surface area contributed by atoms with Crippen LogP contribution in [0.15, 0.2) is 36.4 Å². The predicted octanol–water partition coefficient (Wildman–Crippen LogP) is 7.12. The molecule has 1 aliphatic carbocycles. The first-order valence-corrected chi connectivity index (χ1v) is 15.8. The first-order chi connectivity index (χ1) is 19.7. The summed E-state index contributed by atoms with van der Waals surface area (Å²) < 4.78 is 15.8. The molecule has 1 aromatic carbocycles. The second-order valence-electron chi connectivity index (χ2n) is 11.5. The van der Waals surface area contributed by atoms with E-state index in [2.05, 4.69) is 18.7 Å². The van der Waals surface area contributed by atoms with Gasteiger partial charge < -0.3 is 24.0 Å². The number of likely N-dealkylation sites (tertiary alicyclic amines) is 1. The van der Waals surface area contributed by atoms with Crippen LogP contribution in [0.5, 0.6) is 0 Å². The van der Waals surface area contributed by atoms with Gasteiger partial charge in [0.2, 0.25) is 12.2 Å². The van der Waals surface area contributed by atoms with E-state index in [-0.39, 0.29) is 24.0 Å². The average Bonchev–Trinajstić information content (AvgIpc) is 3.39. The molecule has 0 spiro atoms. The molecule has 0 radical (unpaired) electrons. The molecule has 2 aliphatic rings. The third kappa shape index (κ3) is 8.10. The van der Waals surface area contributed by atoms with Crippen LogP contribution < -0.4 is 4.90 Å². The molecule has 1 saturated carbocycles. The summed E-state index contributed by atoms with van der Waals surface area (Å²) in [6, 6.07) is 11.8. The molecule has 224 valence electrons. The van der Waals surface area contributed by atoms with Crippen molar-refractivity contribution in [2.24, 2.45) is 11.8 Å². The molecule has 2 fully saturated rings. The summed E-state index contributed by atoms with van der Waals surface area (Å²) in [5.41, 5.74) is 1.55. The summed E-state index contributed by atoms with van der Waals surface area (Å²) in [6.07, 6.45) is 3.07. The maximum atomic E-state index is 14.3. The molecule has 1 aromatic heterocycles. The number of carbonyl (C=O) groups is 3. The number of rotatable bonds is 9. The summed E-state index contributed by atoms with van der Waals surface area (Å²) in [5, 5.41) is 0. The minimum Gasteiger partial charge on any atom is -0.431 e. The fourth-order valence-electron chi connectivity index (χ4n) is 5.73. The van der Waals surface area contributed by atoms with Gasteiger partial charge in [-0.1, -0.05) is 44.2 Å². The summed E-state index contributed by atoms with van der Waals surface area (Å²) >= 11 is 1.30. The number of carbonyl (C=O) groups excluding carboxylic acids is 3. The Balaban J connectivity index is 1.69. The minimum atomic E-state index is -1.15. The summed E-state index contributed by atoms with van der Waals surface area (Å²) in [7, 11) is 0. The van der Waals surface area contributed by atoms with Crippen molar-refractivity contribution < 1.29 is 28.6 Å². The van der Waals surface area contributed by atoms with E-state index < -0.39 is 18.4 Å². The quantitative estimate of drug-likeness (QED) is 0.229. The molecule has 0 bridgehead atoms. The van der Waals surface area contributed by atoms with Crippen molar-refractivity contribution in [2.75, 3.05) is 24.5 Å². The zero-order chi connectivity index (χ0) is 29.5. The lowest BCUT2D eigenvalue weighted by molar-refractivity contribution is -0.124. The van der Waals surface area contributed by atoms with Crippen LogP contribution in [0.2, 0.25) is 0 Å². The molecule has 2 aromatic rings.